The SMILES string of the molecule is c1ccc(C(N[C@@H]2CCOc3ccccc32)c2ccccc2)cc1. The Bertz CT molecular complexity index is 746. The van der Waals surface area contributed by atoms with Crippen molar-refractivity contribution in [2.24, 2.45) is 0 Å². The van der Waals surface area contributed by atoms with Crippen LogP contribution >= 0.6 is 0 Å². The Kier molecular flexibility index (Phi) is 4.30. The first-order chi connectivity index (χ1) is 11.9. The average molecular weight is 315 g/mol. The summed E-state index contributed by atoms with van der Waals surface area (Å²) in [6.07, 6.45) is 0.979. The number of ether oxygens (including phenoxy) is 1. The molecule has 0 aliphatic carbocycles. The van der Waals surface area contributed by atoms with E-state index in [9.17, 15) is 0 Å². The lowest BCUT2D eigenvalue weighted by molar-refractivity contribution is 0.248. The van der Waals surface area contributed by atoms with Crippen LogP contribution in [0.1, 0.15) is 35.2 Å². The van der Waals surface area contributed by atoms with Gasteiger partial charge < -0.3 is 4.74 Å². The molecule has 1 N–H and O–H groups in total. The molecule has 24 heavy (non-hydrogen) atoms. The van der Waals surface area contributed by atoms with Gasteiger partial charge in [0, 0.05) is 18.0 Å². The van der Waals surface area contributed by atoms with Crippen LogP contribution in [0.15, 0.2) is 84.9 Å². The third kappa shape index (κ3) is 3.06. The first-order valence-electron chi connectivity index (χ1n) is 8.49. The highest BCUT2D eigenvalue weighted by Gasteiger charge is 2.25. The number of benzene rings is 3. The molecule has 0 aromatic heterocycles. The van der Waals surface area contributed by atoms with Crippen molar-refractivity contribution in [2.45, 2.75) is 18.5 Å². The van der Waals surface area contributed by atoms with Gasteiger partial charge in [0.25, 0.3) is 0 Å². The zero-order valence-corrected chi connectivity index (χ0v) is 13.6. The maximum atomic E-state index is 5.81. The summed E-state index contributed by atoms with van der Waals surface area (Å²) < 4.78 is 5.81. The molecule has 3 aromatic carbocycles. The lowest BCUT2D eigenvalue weighted by Gasteiger charge is -2.31. The van der Waals surface area contributed by atoms with Gasteiger partial charge in [0.15, 0.2) is 0 Å². The fourth-order valence-corrected chi connectivity index (χ4v) is 3.39. The summed E-state index contributed by atoms with van der Waals surface area (Å²) in [5.41, 5.74) is 3.82. The van der Waals surface area contributed by atoms with Crippen LogP contribution in [0.3, 0.4) is 0 Å². The number of rotatable bonds is 4. The highest BCUT2D eigenvalue weighted by molar-refractivity contribution is 5.39. The molecule has 0 spiro atoms. The summed E-state index contributed by atoms with van der Waals surface area (Å²) in [6.45, 7) is 0.755. The third-order valence-electron chi connectivity index (χ3n) is 4.59. The van der Waals surface area contributed by atoms with E-state index in [1.165, 1.54) is 16.7 Å². The second-order valence-corrected chi connectivity index (χ2v) is 6.15. The minimum absolute atomic E-state index is 0.170. The summed E-state index contributed by atoms with van der Waals surface area (Å²) in [6, 6.07) is 30.1. The van der Waals surface area contributed by atoms with E-state index >= 15 is 0 Å². The predicted octanol–water partition coefficient (Wildman–Crippen LogP) is 4.89. The zero-order valence-electron chi connectivity index (χ0n) is 13.6. The maximum absolute atomic E-state index is 5.81. The first kappa shape index (κ1) is 15.0. The topological polar surface area (TPSA) is 21.3 Å². The quantitative estimate of drug-likeness (QED) is 0.740. The van der Waals surface area contributed by atoms with Crippen molar-refractivity contribution < 1.29 is 4.74 Å². The van der Waals surface area contributed by atoms with Crippen molar-refractivity contribution in [2.75, 3.05) is 6.61 Å². The highest BCUT2D eigenvalue weighted by atomic mass is 16.5. The van der Waals surface area contributed by atoms with E-state index in [4.69, 9.17) is 4.74 Å². The van der Waals surface area contributed by atoms with E-state index in [-0.39, 0.29) is 6.04 Å². The van der Waals surface area contributed by atoms with Crippen LogP contribution in [-0.4, -0.2) is 6.61 Å². The van der Waals surface area contributed by atoms with Gasteiger partial charge in [-0.1, -0.05) is 78.9 Å². The molecule has 120 valence electrons. The van der Waals surface area contributed by atoms with Gasteiger partial charge in [-0.3, -0.25) is 5.32 Å². The minimum atomic E-state index is 0.170. The summed E-state index contributed by atoms with van der Waals surface area (Å²) in [7, 11) is 0. The molecular formula is C22H21NO. The van der Waals surface area contributed by atoms with Gasteiger partial charge in [-0.2, -0.15) is 0 Å². The van der Waals surface area contributed by atoms with Crippen molar-refractivity contribution in [3.05, 3.63) is 102 Å². The second kappa shape index (κ2) is 6.90. The molecule has 0 fully saturated rings. The summed E-state index contributed by atoms with van der Waals surface area (Å²) in [5.74, 6) is 1.00. The van der Waals surface area contributed by atoms with E-state index < -0.39 is 0 Å². The maximum Gasteiger partial charge on any atom is 0.124 e. The Morgan fingerprint density at radius 2 is 1.33 bits per heavy atom. The minimum Gasteiger partial charge on any atom is -0.493 e. The molecule has 3 aromatic rings. The number of hydrogen-bond acceptors (Lipinski definition) is 2. The molecule has 0 amide bonds. The molecule has 2 heteroatoms. The molecular weight excluding hydrogens is 294 g/mol. The Morgan fingerprint density at radius 3 is 2.00 bits per heavy atom. The van der Waals surface area contributed by atoms with Gasteiger partial charge in [-0.15, -0.1) is 0 Å². The average Bonchev–Trinajstić information content (AvgIpc) is 2.67. The normalized spacial score (nSPS) is 16.5. The van der Waals surface area contributed by atoms with E-state index in [0.29, 0.717) is 6.04 Å². The first-order valence-corrected chi connectivity index (χ1v) is 8.49. The second-order valence-electron chi connectivity index (χ2n) is 6.15. The van der Waals surface area contributed by atoms with E-state index in [0.717, 1.165) is 18.8 Å². The van der Waals surface area contributed by atoms with Gasteiger partial charge in [-0.05, 0) is 17.2 Å². The summed E-state index contributed by atoms with van der Waals surface area (Å²) in [4.78, 5) is 0. The fraction of sp³-hybridized carbons (Fsp3) is 0.182. The third-order valence-corrected chi connectivity index (χ3v) is 4.59. The molecule has 0 unspecified atom stereocenters. The molecule has 0 saturated carbocycles. The van der Waals surface area contributed by atoms with Crippen molar-refractivity contribution in [3.8, 4) is 5.75 Å². The Labute approximate surface area is 143 Å². The molecule has 1 aliphatic heterocycles. The van der Waals surface area contributed by atoms with Crippen molar-refractivity contribution >= 4 is 0 Å². The zero-order chi connectivity index (χ0) is 16.2. The molecule has 0 radical (unpaired) electrons. The van der Waals surface area contributed by atoms with Crippen molar-refractivity contribution in [1.29, 1.82) is 0 Å². The van der Waals surface area contributed by atoms with Crippen LogP contribution < -0.4 is 10.1 Å². The smallest absolute Gasteiger partial charge is 0.124 e. The predicted molar refractivity (Wildman–Crippen MR) is 97.2 cm³/mol. The van der Waals surface area contributed by atoms with Crippen LogP contribution in [0.2, 0.25) is 0 Å². The Balaban J connectivity index is 1.69. The monoisotopic (exact) mass is 315 g/mol. The van der Waals surface area contributed by atoms with Crippen LogP contribution in [0.4, 0.5) is 0 Å². The number of para-hydroxylation sites is 1. The lowest BCUT2D eigenvalue weighted by atomic mass is 9.94. The van der Waals surface area contributed by atoms with E-state index in [2.05, 4.69) is 84.2 Å². The highest BCUT2D eigenvalue weighted by Crippen LogP contribution is 2.34. The standard InChI is InChI=1S/C22H21NO/c1-3-9-17(10-4-1)22(18-11-5-2-6-12-18)23-20-15-16-24-21-14-8-7-13-19(20)21/h1-14,20,22-23H,15-16H2/t20-/m1/s1. The molecule has 2 nitrogen and oxygen atoms in total. The van der Waals surface area contributed by atoms with E-state index in [1.807, 2.05) is 6.07 Å². The van der Waals surface area contributed by atoms with Crippen LogP contribution in [0.25, 0.3) is 0 Å². The number of nitrogens with one attached hydrogen (secondary N) is 1. The number of hydrogen-bond donors (Lipinski definition) is 1. The molecule has 1 atom stereocenters. The molecule has 1 heterocycles. The van der Waals surface area contributed by atoms with Crippen LogP contribution in [0, 0.1) is 0 Å². The van der Waals surface area contributed by atoms with Crippen LogP contribution in [0.5, 0.6) is 5.75 Å². The summed E-state index contributed by atoms with van der Waals surface area (Å²) >= 11 is 0. The Morgan fingerprint density at radius 1 is 0.750 bits per heavy atom. The lowest BCUT2D eigenvalue weighted by Crippen LogP contribution is -2.31. The Hall–Kier alpha value is -2.58. The largest absolute Gasteiger partial charge is 0.493 e. The van der Waals surface area contributed by atoms with Gasteiger partial charge in [-0.25, -0.2) is 0 Å². The van der Waals surface area contributed by atoms with Crippen molar-refractivity contribution in [3.63, 3.8) is 0 Å². The molecule has 4 rings (SSSR count). The van der Waals surface area contributed by atoms with Gasteiger partial charge in [0.2, 0.25) is 0 Å². The fourth-order valence-electron chi connectivity index (χ4n) is 3.39. The molecule has 0 saturated heterocycles. The number of fused-ring (bicyclic) bond motifs is 1. The van der Waals surface area contributed by atoms with Gasteiger partial charge >= 0.3 is 0 Å². The van der Waals surface area contributed by atoms with Crippen molar-refractivity contribution in [1.82, 2.24) is 5.32 Å². The molecule has 0 bridgehead atoms. The van der Waals surface area contributed by atoms with Gasteiger partial charge in [0.05, 0.1) is 12.6 Å². The van der Waals surface area contributed by atoms with Crippen LogP contribution in [-0.2, 0) is 0 Å². The van der Waals surface area contributed by atoms with Gasteiger partial charge in [0.1, 0.15) is 5.75 Å². The summed E-state index contributed by atoms with van der Waals surface area (Å²) in [5, 5.41) is 3.86. The van der Waals surface area contributed by atoms with E-state index in [1.54, 1.807) is 0 Å². The molecule has 1 aliphatic rings.